The Labute approximate surface area is 260 Å². The van der Waals surface area contributed by atoms with Gasteiger partial charge >= 0.3 is 6.09 Å². The van der Waals surface area contributed by atoms with E-state index in [-0.39, 0.29) is 12.1 Å². The summed E-state index contributed by atoms with van der Waals surface area (Å²) in [6.45, 7) is 10.1. The molecule has 0 spiro atoms. The third-order valence-corrected chi connectivity index (χ3v) is 7.18. The second kappa shape index (κ2) is 15.8. The van der Waals surface area contributed by atoms with Crippen LogP contribution in [0.5, 0.6) is 11.5 Å². The second-order valence-electron chi connectivity index (χ2n) is 11.5. The number of nitrogens with zero attached hydrogens (tertiary/aromatic N) is 2. The Bertz CT molecular complexity index is 1260. The number of hydrogen-bond donors (Lipinski definition) is 0. The van der Waals surface area contributed by atoms with Gasteiger partial charge in [-0.2, -0.15) is 0 Å². The maximum atomic E-state index is 12.9. The maximum absolute atomic E-state index is 12.9. The number of halogens is 1. The molecule has 1 saturated heterocycles. The van der Waals surface area contributed by atoms with Crippen molar-refractivity contribution in [3.63, 3.8) is 0 Å². The molecule has 0 N–H and O–H groups in total. The van der Waals surface area contributed by atoms with Gasteiger partial charge in [0, 0.05) is 36.8 Å². The molecule has 0 radical (unpaired) electrons. The molecule has 232 valence electrons. The summed E-state index contributed by atoms with van der Waals surface area (Å²) in [6.07, 6.45) is 0.489. The van der Waals surface area contributed by atoms with Crippen molar-refractivity contribution in [2.75, 3.05) is 51.5 Å². The quantitative estimate of drug-likeness (QED) is 0.193. The molecule has 3 aromatic rings. The maximum Gasteiger partial charge on any atom is 0.410 e. The first kappa shape index (κ1) is 32.5. The van der Waals surface area contributed by atoms with Gasteiger partial charge in [0.2, 0.25) is 0 Å². The summed E-state index contributed by atoms with van der Waals surface area (Å²) in [5, 5.41) is 0.722. The molecule has 1 aliphatic rings. The number of methoxy groups -OCH3 is 1. The lowest BCUT2D eigenvalue weighted by atomic mass is 10.1. The van der Waals surface area contributed by atoms with Crippen molar-refractivity contribution in [3.8, 4) is 11.5 Å². The van der Waals surface area contributed by atoms with Crippen molar-refractivity contribution in [3.05, 3.63) is 88.9 Å². The summed E-state index contributed by atoms with van der Waals surface area (Å²) in [5.74, 6) is 1.62. The summed E-state index contributed by atoms with van der Waals surface area (Å²) < 4.78 is 28.7. The Hall–Kier alpha value is -3.46. The molecule has 9 heteroatoms. The summed E-state index contributed by atoms with van der Waals surface area (Å²) in [7, 11) is 1.65. The number of benzene rings is 3. The van der Waals surface area contributed by atoms with Gasteiger partial charge in [-0.15, -0.1) is 0 Å². The Morgan fingerprint density at radius 2 is 1.47 bits per heavy atom. The molecule has 1 amide bonds. The molecular formula is C34H43ClN2O6. The predicted molar refractivity (Wildman–Crippen MR) is 169 cm³/mol. The molecule has 4 rings (SSSR count). The van der Waals surface area contributed by atoms with Crippen molar-refractivity contribution >= 4 is 23.4 Å². The molecule has 0 aliphatic carbocycles. The van der Waals surface area contributed by atoms with Gasteiger partial charge in [0.15, 0.2) is 0 Å². The number of hydrogen-bond acceptors (Lipinski definition) is 7. The first-order chi connectivity index (χ1) is 20.7. The molecule has 0 bridgehead atoms. The minimum absolute atomic E-state index is 0.0379. The lowest BCUT2D eigenvalue weighted by Crippen LogP contribution is -2.57. The van der Waals surface area contributed by atoms with Crippen molar-refractivity contribution in [2.24, 2.45) is 0 Å². The van der Waals surface area contributed by atoms with Gasteiger partial charge in [-0.25, -0.2) is 4.79 Å². The van der Waals surface area contributed by atoms with Gasteiger partial charge in [0.1, 0.15) is 17.1 Å². The Kier molecular flexibility index (Phi) is 12.0. The molecule has 3 aromatic carbocycles. The average molecular weight is 611 g/mol. The van der Waals surface area contributed by atoms with Crippen LogP contribution in [0, 0.1) is 0 Å². The van der Waals surface area contributed by atoms with Gasteiger partial charge in [0.25, 0.3) is 0 Å². The average Bonchev–Trinajstić information content (AvgIpc) is 2.99. The molecule has 8 nitrogen and oxygen atoms in total. The van der Waals surface area contributed by atoms with E-state index in [0.29, 0.717) is 52.7 Å². The predicted octanol–water partition coefficient (Wildman–Crippen LogP) is 6.98. The Morgan fingerprint density at radius 1 is 0.837 bits per heavy atom. The highest BCUT2D eigenvalue weighted by Crippen LogP contribution is 2.25. The van der Waals surface area contributed by atoms with Gasteiger partial charge in [-0.05, 0) is 80.4 Å². The lowest BCUT2D eigenvalue weighted by Gasteiger charge is -2.42. The summed E-state index contributed by atoms with van der Waals surface area (Å²) in [6, 6.07) is 23.6. The van der Waals surface area contributed by atoms with Crippen LogP contribution in [-0.4, -0.2) is 69.2 Å². The molecule has 0 aromatic heterocycles. The molecule has 1 atom stereocenters. The number of rotatable bonds is 13. The summed E-state index contributed by atoms with van der Waals surface area (Å²) in [4.78, 5) is 16.9. The van der Waals surface area contributed by atoms with E-state index in [2.05, 4.69) is 17.0 Å². The van der Waals surface area contributed by atoms with E-state index in [1.165, 1.54) is 0 Å². The first-order valence-electron chi connectivity index (χ1n) is 14.7. The van der Waals surface area contributed by atoms with E-state index in [1.807, 2.05) is 81.4 Å². The zero-order chi connectivity index (χ0) is 30.7. The van der Waals surface area contributed by atoms with Crippen LogP contribution in [0.15, 0.2) is 72.8 Å². The van der Waals surface area contributed by atoms with Crippen LogP contribution in [0.3, 0.4) is 0 Å². The fourth-order valence-electron chi connectivity index (χ4n) is 4.72. The summed E-state index contributed by atoms with van der Waals surface area (Å²) in [5.41, 5.74) is 2.66. The SMILES string of the molecule is COc1ccc(COC[C@H]2CN(C(=O)OC(C)(C)C)CCN2c2ccc(OCCCOCc3ccc(Cl)cc3)cc2)cc1. The number of piperazine rings is 1. The van der Waals surface area contributed by atoms with Crippen molar-refractivity contribution in [2.45, 2.75) is 52.0 Å². The number of anilines is 1. The van der Waals surface area contributed by atoms with Gasteiger partial charge in [-0.1, -0.05) is 35.9 Å². The van der Waals surface area contributed by atoms with Crippen LogP contribution in [0.1, 0.15) is 38.3 Å². The normalized spacial score (nSPS) is 15.3. The van der Waals surface area contributed by atoms with E-state index in [9.17, 15) is 4.79 Å². The molecule has 1 aliphatic heterocycles. The second-order valence-corrected chi connectivity index (χ2v) is 11.9. The van der Waals surface area contributed by atoms with E-state index in [0.717, 1.165) is 39.8 Å². The largest absolute Gasteiger partial charge is 0.497 e. The smallest absolute Gasteiger partial charge is 0.410 e. The minimum Gasteiger partial charge on any atom is -0.497 e. The first-order valence-corrected chi connectivity index (χ1v) is 15.1. The third kappa shape index (κ3) is 10.6. The monoisotopic (exact) mass is 610 g/mol. The number of carbonyl (C=O) groups is 1. The fraction of sp³-hybridized carbons (Fsp3) is 0.441. The van der Waals surface area contributed by atoms with Gasteiger partial charge in [-0.3, -0.25) is 0 Å². The highest BCUT2D eigenvalue weighted by molar-refractivity contribution is 6.30. The molecule has 1 heterocycles. The standard InChI is InChI=1S/C34H43ClN2O6/c1-34(2,3)43-33(38)36-18-19-37(30(22-36)25-41-24-27-8-14-31(39-4)15-9-27)29-12-16-32(17-13-29)42-21-5-20-40-23-26-6-10-28(35)11-7-26/h6-17,30H,5,18-25H2,1-4H3/t30-/m1/s1. The van der Waals surface area contributed by atoms with Crippen LogP contribution >= 0.6 is 11.6 Å². The molecule has 0 unspecified atom stereocenters. The highest BCUT2D eigenvalue weighted by atomic mass is 35.5. The summed E-state index contributed by atoms with van der Waals surface area (Å²) >= 11 is 5.93. The van der Waals surface area contributed by atoms with E-state index < -0.39 is 5.60 Å². The molecule has 0 saturated carbocycles. The number of ether oxygens (including phenoxy) is 5. The third-order valence-electron chi connectivity index (χ3n) is 6.92. The van der Waals surface area contributed by atoms with Crippen LogP contribution in [0.2, 0.25) is 5.02 Å². The van der Waals surface area contributed by atoms with Crippen molar-refractivity contribution < 1.29 is 28.5 Å². The van der Waals surface area contributed by atoms with E-state index in [4.69, 9.17) is 35.3 Å². The zero-order valence-electron chi connectivity index (χ0n) is 25.6. The van der Waals surface area contributed by atoms with Crippen LogP contribution in [0.4, 0.5) is 10.5 Å². The topological polar surface area (TPSA) is 69.7 Å². The van der Waals surface area contributed by atoms with E-state index in [1.54, 1.807) is 12.0 Å². The number of carbonyl (C=O) groups excluding carboxylic acids is 1. The molecule has 43 heavy (non-hydrogen) atoms. The van der Waals surface area contributed by atoms with E-state index >= 15 is 0 Å². The van der Waals surface area contributed by atoms with Gasteiger partial charge < -0.3 is 33.5 Å². The number of amides is 1. The minimum atomic E-state index is -0.548. The van der Waals surface area contributed by atoms with Crippen LogP contribution in [-0.2, 0) is 27.4 Å². The highest BCUT2D eigenvalue weighted by Gasteiger charge is 2.32. The lowest BCUT2D eigenvalue weighted by molar-refractivity contribution is 0.0162. The zero-order valence-corrected chi connectivity index (χ0v) is 26.3. The van der Waals surface area contributed by atoms with Crippen LogP contribution < -0.4 is 14.4 Å². The Balaban J connectivity index is 1.29. The molecule has 1 fully saturated rings. The van der Waals surface area contributed by atoms with Crippen LogP contribution in [0.25, 0.3) is 0 Å². The van der Waals surface area contributed by atoms with Crippen molar-refractivity contribution in [1.82, 2.24) is 4.90 Å². The van der Waals surface area contributed by atoms with Gasteiger partial charge in [0.05, 0.1) is 46.2 Å². The fourth-order valence-corrected chi connectivity index (χ4v) is 4.85. The Morgan fingerprint density at radius 3 is 2.12 bits per heavy atom. The molecular weight excluding hydrogens is 568 g/mol. The van der Waals surface area contributed by atoms with Crippen molar-refractivity contribution in [1.29, 1.82) is 0 Å².